The molecule has 1 aromatic carbocycles. The van der Waals surface area contributed by atoms with Crippen molar-refractivity contribution in [1.82, 2.24) is 4.98 Å². The van der Waals surface area contributed by atoms with Gasteiger partial charge in [0.15, 0.2) is 30.1 Å². The van der Waals surface area contributed by atoms with Crippen LogP contribution in [-0.4, -0.2) is 48.9 Å². The number of hydrogen-bond donors (Lipinski definition) is 1. The van der Waals surface area contributed by atoms with Crippen LogP contribution in [-0.2, 0) is 9.59 Å². The maximum atomic E-state index is 13.0. The van der Waals surface area contributed by atoms with Crippen molar-refractivity contribution in [1.29, 1.82) is 0 Å². The van der Waals surface area contributed by atoms with E-state index in [1.807, 2.05) is 6.92 Å². The number of nitrogens with two attached hydrogens (primary N) is 1. The van der Waals surface area contributed by atoms with Gasteiger partial charge in [-0.2, -0.15) is 0 Å². The lowest BCUT2D eigenvalue weighted by Gasteiger charge is -2.32. The summed E-state index contributed by atoms with van der Waals surface area (Å²) >= 11 is 0. The van der Waals surface area contributed by atoms with E-state index in [0.717, 1.165) is 0 Å². The molecule has 29 heavy (non-hydrogen) atoms. The molecular weight excluding hydrogens is 376 g/mol. The highest BCUT2D eigenvalue weighted by molar-refractivity contribution is 6.09. The first-order valence-corrected chi connectivity index (χ1v) is 9.20. The number of carbonyl (C=O) groups is 3. The van der Waals surface area contributed by atoms with Crippen LogP contribution in [0.25, 0.3) is 0 Å². The second-order valence-electron chi connectivity index (χ2n) is 6.84. The van der Waals surface area contributed by atoms with Gasteiger partial charge in [-0.1, -0.05) is 6.92 Å². The van der Waals surface area contributed by atoms with E-state index in [4.69, 9.17) is 15.2 Å². The van der Waals surface area contributed by atoms with Gasteiger partial charge in [-0.3, -0.25) is 19.3 Å². The molecule has 0 aliphatic carbocycles. The highest BCUT2D eigenvalue weighted by Gasteiger charge is 2.36. The zero-order valence-corrected chi connectivity index (χ0v) is 16.0. The largest absolute Gasteiger partial charge is 0.482 e. The van der Waals surface area contributed by atoms with Crippen molar-refractivity contribution in [2.45, 2.75) is 19.4 Å². The summed E-state index contributed by atoms with van der Waals surface area (Å²) in [5, 5.41) is 0. The molecule has 9 heteroatoms. The zero-order valence-electron chi connectivity index (χ0n) is 16.0. The zero-order chi connectivity index (χ0) is 20.7. The second kappa shape index (κ2) is 7.08. The van der Waals surface area contributed by atoms with Crippen LogP contribution in [0.3, 0.4) is 0 Å². The van der Waals surface area contributed by atoms with Gasteiger partial charge in [0.1, 0.15) is 11.6 Å². The third-order valence-corrected chi connectivity index (χ3v) is 4.97. The van der Waals surface area contributed by atoms with Gasteiger partial charge in [0.25, 0.3) is 11.8 Å². The van der Waals surface area contributed by atoms with Crippen LogP contribution in [0, 0.1) is 0 Å². The van der Waals surface area contributed by atoms with Gasteiger partial charge in [0.2, 0.25) is 0 Å². The third-order valence-electron chi connectivity index (χ3n) is 4.97. The highest BCUT2D eigenvalue weighted by atomic mass is 16.5. The van der Waals surface area contributed by atoms with E-state index in [1.54, 1.807) is 37.4 Å². The SMILES string of the molecule is CCC1Oc2ccc(N)nc2N(CC(=O)c2ccc3c(c2)N(C)C(=O)CO3)C1=O. The van der Waals surface area contributed by atoms with Gasteiger partial charge in [-0.05, 0) is 36.8 Å². The number of likely N-dealkylation sites (N-methyl/N-ethyl adjacent to an activating group) is 1. The first kappa shape index (κ1) is 18.7. The number of aromatic nitrogens is 1. The maximum Gasteiger partial charge on any atom is 0.269 e. The molecule has 150 valence electrons. The van der Waals surface area contributed by atoms with Crippen LogP contribution in [0.15, 0.2) is 30.3 Å². The molecule has 2 amide bonds. The van der Waals surface area contributed by atoms with Gasteiger partial charge >= 0.3 is 0 Å². The molecule has 2 aliphatic heterocycles. The van der Waals surface area contributed by atoms with Crippen molar-refractivity contribution in [2.24, 2.45) is 0 Å². The standard InChI is InChI=1S/C20H20N4O5/c1-3-14-20(27)24(19-16(29-14)6-7-17(21)22-19)9-13(25)11-4-5-15-12(8-11)23(2)18(26)10-28-15/h4-8,14H,3,9-10H2,1-2H3,(H2,21,22). The lowest BCUT2D eigenvalue weighted by Crippen LogP contribution is -2.48. The molecule has 3 heterocycles. The summed E-state index contributed by atoms with van der Waals surface area (Å²) in [6, 6.07) is 8.07. The van der Waals surface area contributed by atoms with Crippen molar-refractivity contribution in [3.05, 3.63) is 35.9 Å². The number of rotatable bonds is 4. The fraction of sp³-hybridized carbons (Fsp3) is 0.300. The molecule has 9 nitrogen and oxygen atoms in total. The van der Waals surface area contributed by atoms with Crippen molar-refractivity contribution in [3.8, 4) is 11.5 Å². The lowest BCUT2D eigenvalue weighted by atomic mass is 10.1. The molecule has 0 radical (unpaired) electrons. The molecule has 0 spiro atoms. The predicted molar refractivity (Wildman–Crippen MR) is 105 cm³/mol. The summed E-state index contributed by atoms with van der Waals surface area (Å²) in [6.45, 7) is 1.56. The minimum absolute atomic E-state index is 0.0403. The number of ketones is 1. The van der Waals surface area contributed by atoms with Gasteiger partial charge in [0.05, 0.1) is 12.2 Å². The lowest BCUT2D eigenvalue weighted by molar-refractivity contribution is -0.126. The van der Waals surface area contributed by atoms with E-state index in [1.165, 1.54) is 9.80 Å². The monoisotopic (exact) mass is 396 g/mol. The fourth-order valence-corrected chi connectivity index (χ4v) is 3.31. The Morgan fingerprint density at radius 3 is 2.76 bits per heavy atom. The van der Waals surface area contributed by atoms with E-state index in [-0.39, 0.29) is 42.4 Å². The number of fused-ring (bicyclic) bond motifs is 2. The average molecular weight is 396 g/mol. The van der Waals surface area contributed by atoms with E-state index < -0.39 is 6.10 Å². The number of hydrogen-bond acceptors (Lipinski definition) is 7. The Labute approximate surface area is 167 Å². The number of anilines is 3. The van der Waals surface area contributed by atoms with Gasteiger partial charge in [-0.25, -0.2) is 4.98 Å². The number of Topliss-reactive ketones (excluding diaryl/α,β-unsaturated/α-hetero) is 1. The number of carbonyl (C=O) groups excluding carboxylic acids is 3. The number of pyridine rings is 1. The summed E-state index contributed by atoms with van der Waals surface area (Å²) < 4.78 is 11.1. The van der Waals surface area contributed by atoms with Crippen molar-refractivity contribution < 1.29 is 23.9 Å². The van der Waals surface area contributed by atoms with Crippen LogP contribution in [0.5, 0.6) is 11.5 Å². The van der Waals surface area contributed by atoms with Crippen LogP contribution in [0.1, 0.15) is 23.7 Å². The van der Waals surface area contributed by atoms with E-state index in [0.29, 0.717) is 29.2 Å². The van der Waals surface area contributed by atoms with Crippen LogP contribution >= 0.6 is 0 Å². The highest BCUT2D eigenvalue weighted by Crippen LogP contribution is 2.35. The van der Waals surface area contributed by atoms with E-state index in [2.05, 4.69) is 4.98 Å². The summed E-state index contributed by atoms with van der Waals surface area (Å²) in [4.78, 5) is 44.6. The topological polar surface area (TPSA) is 115 Å². The Bertz CT molecular complexity index is 1020. The fourth-order valence-electron chi connectivity index (χ4n) is 3.31. The van der Waals surface area contributed by atoms with Gasteiger partial charge in [-0.15, -0.1) is 0 Å². The number of benzene rings is 1. The van der Waals surface area contributed by atoms with Gasteiger partial charge < -0.3 is 20.1 Å². The molecule has 1 aromatic heterocycles. The van der Waals surface area contributed by atoms with Crippen LogP contribution in [0.2, 0.25) is 0 Å². The van der Waals surface area contributed by atoms with E-state index >= 15 is 0 Å². The third kappa shape index (κ3) is 3.24. The molecule has 0 saturated carbocycles. The molecule has 4 rings (SSSR count). The molecule has 1 atom stereocenters. The molecule has 0 saturated heterocycles. The average Bonchev–Trinajstić information content (AvgIpc) is 2.72. The Balaban J connectivity index is 1.65. The summed E-state index contributed by atoms with van der Waals surface area (Å²) in [6.07, 6.45) is -0.238. The number of nitrogen functional groups attached to an aromatic ring is 1. The van der Waals surface area contributed by atoms with Crippen LogP contribution < -0.4 is 25.0 Å². The smallest absolute Gasteiger partial charge is 0.269 e. The first-order chi connectivity index (χ1) is 13.9. The predicted octanol–water partition coefficient (Wildman–Crippen LogP) is 1.41. The second-order valence-corrected chi connectivity index (χ2v) is 6.84. The first-order valence-electron chi connectivity index (χ1n) is 9.20. The molecule has 2 aromatic rings. The number of amides is 2. The normalized spacial score (nSPS) is 17.9. The Morgan fingerprint density at radius 1 is 1.24 bits per heavy atom. The molecule has 2 N–H and O–H groups in total. The van der Waals surface area contributed by atoms with Crippen molar-refractivity contribution in [3.63, 3.8) is 0 Å². The number of ether oxygens (including phenoxy) is 2. The van der Waals surface area contributed by atoms with Crippen molar-refractivity contribution in [2.75, 3.05) is 35.7 Å². The molecular formula is C20H20N4O5. The summed E-state index contributed by atoms with van der Waals surface area (Å²) in [5.41, 5.74) is 6.62. The Morgan fingerprint density at radius 2 is 2.00 bits per heavy atom. The summed E-state index contributed by atoms with van der Waals surface area (Å²) in [7, 11) is 1.62. The maximum absolute atomic E-state index is 13.0. The molecule has 0 bridgehead atoms. The minimum Gasteiger partial charge on any atom is -0.482 e. The van der Waals surface area contributed by atoms with Crippen LogP contribution in [0.4, 0.5) is 17.3 Å². The number of nitrogens with zero attached hydrogens (tertiary/aromatic N) is 3. The van der Waals surface area contributed by atoms with Gasteiger partial charge in [0, 0.05) is 12.6 Å². The minimum atomic E-state index is -0.693. The Hall–Kier alpha value is -3.62. The molecule has 1 unspecified atom stereocenters. The molecule has 0 fully saturated rings. The molecule has 2 aliphatic rings. The summed E-state index contributed by atoms with van der Waals surface area (Å²) in [5.74, 6) is 0.518. The quantitative estimate of drug-likeness (QED) is 0.777. The van der Waals surface area contributed by atoms with Crippen molar-refractivity contribution >= 4 is 34.9 Å². The Kier molecular flexibility index (Phi) is 4.57. The van der Waals surface area contributed by atoms with E-state index in [9.17, 15) is 14.4 Å².